The summed E-state index contributed by atoms with van der Waals surface area (Å²) in [5.41, 5.74) is 0.867. The van der Waals surface area contributed by atoms with Crippen molar-refractivity contribution in [2.75, 3.05) is 17.6 Å². The maximum absolute atomic E-state index is 13.3. The topological polar surface area (TPSA) is 24.4 Å². The molecule has 2 nitrogen and oxygen atoms in total. The monoisotopic (exact) mass is 306 g/mol. The molecule has 1 N–H and O–H groups in total. The van der Waals surface area contributed by atoms with E-state index in [1.807, 2.05) is 0 Å². The molecule has 0 spiro atoms. The number of benzene rings is 1. The van der Waals surface area contributed by atoms with Crippen LogP contribution in [0.25, 0.3) is 0 Å². The maximum atomic E-state index is 13.3. The first-order chi connectivity index (χ1) is 8.37. The summed E-state index contributed by atoms with van der Waals surface area (Å²) in [5.74, 6) is 0.393. The standard InChI is InChI=1S/C12H13Cl2FN2S/c1-12(2)5-16-11(18-6-12)17-7-3-8(13)10(15)9(14)4-7/h3-4H,5-6H2,1-2H3,(H,16,17). The van der Waals surface area contributed by atoms with E-state index in [2.05, 4.69) is 24.2 Å². The molecule has 0 saturated carbocycles. The van der Waals surface area contributed by atoms with Gasteiger partial charge >= 0.3 is 0 Å². The number of aliphatic imine (C=N–C) groups is 1. The third kappa shape index (κ3) is 3.31. The Kier molecular flexibility index (Phi) is 4.09. The second-order valence-electron chi connectivity index (χ2n) is 4.95. The molecular formula is C12H13Cl2FN2S. The molecule has 1 aliphatic rings. The van der Waals surface area contributed by atoms with Gasteiger partial charge in [-0.15, -0.1) is 0 Å². The summed E-state index contributed by atoms with van der Waals surface area (Å²) in [4.78, 5) is 4.45. The highest BCUT2D eigenvalue weighted by Gasteiger charge is 2.23. The molecule has 0 atom stereocenters. The third-order valence-corrected chi connectivity index (χ3v) is 4.47. The SMILES string of the molecule is CC1(C)CN=C(Nc2cc(Cl)c(F)c(Cl)c2)SC1. The number of nitrogens with zero attached hydrogens (tertiary/aromatic N) is 1. The first-order valence-electron chi connectivity index (χ1n) is 5.46. The third-order valence-electron chi connectivity index (χ3n) is 2.49. The molecule has 0 aliphatic carbocycles. The van der Waals surface area contributed by atoms with Crippen molar-refractivity contribution in [3.8, 4) is 0 Å². The zero-order chi connectivity index (χ0) is 13.3. The predicted octanol–water partition coefficient (Wildman–Crippen LogP) is 4.67. The summed E-state index contributed by atoms with van der Waals surface area (Å²) in [5, 5.41) is 3.93. The summed E-state index contributed by atoms with van der Waals surface area (Å²) in [6, 6.07) is 3.01. The molecule has 1 aromatic rings. The molecule has 1 aromatic carbocycles. The van der Waals surface area contributed by atoms with Crippen molar-refractivity contribution in [1.82, 2.24) is 0 Å². The predicted molar refractivity (Wildman–Crippen MR) is 78.6 cm³/mol. The zero-order valence-electron chi connectivity index (χ0n) is 10.1. The number of nitrogens with one attached hydrogen (secondary N) is 1. The number of rotatable bonds is 1. The van der Waals surface area contributed by atoms with Crippen LogP contribution in [0.3, 0.4) is 0 Å². The Labute approximate surface area is 120 Å². The number of anilines is 1. The second kappa shape index (κ2) is 5.27. The molecule has 1 heterocycles. The lowest BCUT2D eigenvalue weighted by Crippen LogP contribution is -2.27. The fraction of sp³-hybridized carbons (Fsp3) is 0.417. The van der Waals surface area contributed by atoms with E-state index in [1.165, 1.54) is 12.1 Å². The molecule has 18 heavy (non-hydrogen) atoms. The molecule has 2 rings (SSSR count). The van der Waals surface area contributed by atoms with Crippen molar-refractivity contribution in [2.24, 2.45) is 10.4 Å². The molecule has 0 amide bonds. The van der Waals surface area contributed by atoms with E-state index < -0.39 is 5.82 Å². The van der Waals surface area contributed by atoms with Gasteiger partial charge in [-0.3, -0.25) is 4.99 Å². The highest BCUT2D eigenvalue weighted by Crippen LogP contribution is 2.31. The summed E-state index contributed by atoms with van der Waals surface area (Å²) < 4.78 is 13.3. The largest absolute Gasteiger partial charge is 0.335 e. The van der Waals surface area contributed by atoms with Gasteiger partial charge in [-0.05, 0) is 17.5 Å². The van der Waals surface area contributed by atoms with Crippen molar-refractivity contribution < 1.29 is 4.39 Å². The molecule has 0 radical (unpaired) electrons. The van der Waals surface area contributed by atoms with Crippen molar-refractivity contribution in [1.29, 1.82) is 0 Å². The second-order valence-corrected chi connectivity index (χ2v) is 6.73. The molecule has 0 bridgehead atoms. The Morgan fingerprint density at radius 3 is 2.44 bits per heavy atom. The molecule has 0 unspecified atom stereocenters. The van der Waals surface area contributed by atoms with Gasteiger partial charge in [0, 0.05) is 18.0 Å². The van der Waals surface area contributed by atoms with E-state index in [-0.39, 0.29) is 15.5 Å². The minimum absolute atomic E-state index is 0.00624. The minimum atomic E-state index is -0.594. The van der Waals surface area contributed by atoms with Gasteiger partial charge < -0.3 is 5.32 Å². The van der Waals surface area contributed by atoms with Gasteiger partial charge in [0.05, 0.1) is 10.0 Å². The summed E-state index contributed by atoms with van der Waals surface area (Å²) >= 11 is 13.1. The summed E-state index contributed by atoms with van der Waals surface area (Å²) in [6.45, 7) is 5.11. The molecule has 0 saturated heterocycles. The zero-order valence-corrected chi connectivity index (χ0v) is 12.4. The maximum Gasteiger partial charge on any atom is 0.161 e. The Bertz CT molecular complexity index is 480. The van der Waals surface area contributed by atoms with Crippen molar-refractivity contribution in [2.45, 2.75) is 13.8 Å². The lowest BCUT2D eigenvalue weighted by atomic mass is 9.97. The van der Waals surface area contributed by atoms with Gasteiger partial charge in [0.1, 0.15) is 0 Å². The fourth-order valence-electron chi connectivity index (χ4n) is 1.47. The van der Waals surface area contributed by atoms with E-state index in [4.69, 9.17) is 23.2 Å². The highest BCUT2D eigenvalue weighted by molar-refractivity contribution is 8.14. The van der Waals surface area contributed by atoms with Crippen LogP contribution in [0.5, 0.6) is 0 Å². The van der Waals surface area contributed by atoms with Gasteiger partial charge in [-0.1, -0.05) is 48.8 Å². The van der Waals surface area contributed by atoms with Crippen LogP contribution in [-0.4, -0.2) is 17.5 Å². The van der Waals surface area contributed by atoms with E-state index in [0.717, 1.165) is 17.5 Å². The highest BCUT2D eigenvalue weighted by atomic mass is 35.5. The molecular weight excluding hydrogens is 294 g/mol. The Morgan fingerprint density at radius 2 is 1.94 bits per heavy atom. The van der Waals surface area contributed by atoms with Gasteiger partial charge in [0.2, 0.25) is 0 Å². The van der Waals surface area contributed by atoms with E-state index in [9.17, 15) is 4.39 Å². The van der Waals surface area contributed by atoms with Crippen molar-refractivity contribution in [3.63, 3.8) is 0 Å². The van der Waals surface area contributed by atoms with E-state index in [1.54, 1.807) is 11.8 Å². The van der Waals surface area contributed by atoms with Gasteiger partial charge in [0.15, 0.2) is 11.0 Å². The molecule has 6 heteroatoms. The number of halogens is 3. The smallest absolute Gasteiger partial charge is 0.161 e. The Hall–Kier alpha value is -0.450. The van der Waals surface area contributed by atoms with Gasteiger partial charge in [-0.2, -0.15) is 0 Å². The molecule has 0 aromatic heterocycles. The molecule has 0 fully saturated rings. The molecule has 98 valence electrons. The van der Waals surface area contributed by atoms with Crippen LogP contribution >= 0.6 is 35.0 Å². The van der Waals surface area contributed by atoms with Crippen LogP contribution in [0, 0.1) is 11.2 Å². The van der Waals surface area contributed by atoms with Crippen molar-refractivity contribution in [3.05, 3.63) is 28.0 Å². The normalized spacial score (nSPS) is 18.4. The quantitative estimate of drug-likeness (QED) is 0.762. The van der Waals surface area contributed by atoms with Crippen LogP contribution in [0.2, 0.25) is 10.0 Å². The fourth-order valence-corrected chi connectivity index (χ4v) is 2.92. The van der Waals surface area contributed by atoms with Crippen LogP contribution in [0.4, 0.5) is 10.1 Å². The number of amidine groups is 1. The molecule has 1 aliphatic heterocycles. The van der Waals surface area contributed by atoms with Crippen LogP contribution in [-0.2, 0) is 0 Å². The number of thioether (sulfide) groups is 1. The Balaban J connectivity index is 2.14. The number of hydrogen-bond acceptors (Lipinski definition) is 3. The van der Waals surface area contributed by atoms with Gasteiger partial charge in [-0.25, -0.2) is 4.39 Å². The minimum Gasteiger partial charge on any atom is -0.335 e. The average molecular weight is 307 g/mol. The van der Waals surface area contributed by atoms with Crippen LogP contribution in [0.1, 0.15) is 13.8 Å². The first-order valence-corrected chi connectivity index (χ1v) is 7.20. The van der Waals surface area contributed by atoms with E-state index >= 15 is 0 Å². The lowest BCUT2D eigenvalue weighted by Gasteiger charge is -2.27. The van der Waals surface area contributed by atoms with Crippen LogP contribution in [0.15, 0.2) is 17.1 Å². The lowest BCUT2D eigenvalue weighted by molar-refractivity contribution is 0.438. The summed E-state index contributed by atoms with van der Waals surface area (Å²) in [7, 11) is 0. The van der Waals surface area contributed by atoms with Crippen molar-refractivity contribution >= 4 is 45.8 Å². The average Bonchev–Trinajstić information content (AvgIpc) is 2.29. The number of hydrogen-bond donors (Lipinski definition) is 1. The Morgan fingerprint density at radius 1 is 1.33 bits per heavy atom. The summed E-state index contributed by atoms with van der Waals surface area (Å²) in [6.07, 6.45) is 0. The van der Waals surface area contributed by atoms with Crippen LogP contribution < -0.4 is 5.32 Å². The first kappa shape index (κ1) is 14.0. The van der Waals surface area contributed by atoms with Gasteiger partial charge in [0.25, 0.3) is 0 Å². The van der Waals surface area contributed by atoms with E-state index in [0.29, 0.717) is 5.69 Å².